The predicted molar refractivity (Wildman–Crippen MR) is 93.7 cm³/mol. The summed E-state index contributed by atoms with van der Waals surface area (Å²) in [5, 5.41) is 20.4. The number of nitrogens with zero attached hydrogens (tertiary/aromatic N) is 4. The lowest BCUT2D eigenvalue weighted by atomic mass is 9.90. The molecule has 24 heavy (non-hydrogen) atoms. The molecule has 7 heteroatoms. The number of thioether (sulfide) groups is 1. The number of benzene rings is 1. The Morgan fingerprint density at radius 3 is 2.58 bits per heavy atom. The van der Waals surface area contributed by atoms with Crippen LogP contribution in [0.3, 0.4) is 0 Å². The molecule has 1 amide bonds. The monoisotopic (exact) mass is 343 g/mol. The molecule has 0 spiro atoms. The lowest BCUT2D eigenvalue weighted by Crippen LogP contribution is -2.51. The molecule has 0 saturated carbocycles. The summed E-state index contributed by atoms with van der Waals surface area (Å²) in [6.45, 7) is 7.35. The molecular weight excluding hydrogens is 322 g/mol. The summed E-state index contributed by atoms with van der Waals surface area (Å²) in [7, 11) is 0. The number of para-hydroxylation sites is 1. The number of nitrogens with one attached hydrogen (secondary N) is 1. The van der Waals surface area contributed by atoms with E-state index in [9.17, 15) is 10.1 Å². The predicted octanol–water partition coefficient (Wildman–Crippen LogP) is 2.80. The van der Waals surface area contributed by atoms with Crippen LogP contribution in [0.25, 0.3) is 5.69 Å². The zero-order valence-corrected chi connectivity index (χ0v) is 15.0. The molecule has 1 N–H and O–H groups in total. The van der Waals surface area contributed by atoms with Crippen LogP contribution < -0.4 is 5.32 Å². The van der Waals surface area contributed by atoms with Gasteiger partial charge in [-0.2, -0.15) is 5.26 Å². The molecule has 0 fully saturated rings. The molecule has 0 unspecified atom stereocenters. The molecule has 0 aliphatic carbocycles. The molecule has 0 aliphatic heterocycles. The van der Waals surface area contributed by atoms with Gasteiger partial charge < -0.3 is 5.32 Å². The summed E-state index contributed by atoms with van der Waals surface area (Å²) in [5.41, 5.74) is 0.0422. The number of nitriles is 1. The summed E-state index contributed by atoms with van der Waals surface area (Å²) in [5.74, 6) is -0.183. The van der Waals surface area contributed by atoms with Crippen molar-refractivity contribution >= 4 is 17.7 Å². The average molecular weight is 343 g/mol. The number of hydrogen-bond acceptors (Lipinski definition) is 5. The quantitative estimate of drug-likeness (QED) is 0.815. The molecule has 1 aromatic carbocycles. The van der Waals surface area contributed by atoms with E-state index in [0.29, 0.717) is 5.16 Å². The highest BCUT2D eigenvalue weighted by Crippen LogP contribution is 2.25. The first-order valence-electron chi connectivity index (χ1n) is 7.72. The minimum absolute atomic E-state index is 0.0108. The van der Waals surface area contributed by atoms with Crippen molar-refractivity contribution in [2.45, 2.75) is 43.6 Å². The molecule has 0 saturated heterocycles. The van der Waals surface area contributed by atoms with Gasteiger partial charge in [0, 0.05) is 5.69 Å². The Kier molecular flexibility index (Phi) is 5.62. The van der Waals surface area contributed by atoms with Gasteiger partial charge in [0.25, 0.3) is 0 Å². The largest absolute Gasteiger partial charge is 0.337 e. The number of amides is 1. The second kappa shape index (κ2) is 7.49. The number of carbonyl (C=O) groups excluding carboxylic acids is 1. The van der Waals surface area contributed by atoms with Crippen molar-refractivity contribution in [1.29, 1.82) is 5.26 Å². The number of rotatable bonds is 6. The van der Waals surface area contributed by atoms with Gasteiger partial charge in [0.05, 0.1) is 11.3 Å². The smallest absolute Gasteiger partial charge is 0.234 e. The fourth-order valence-corrected chi connectivity index (χ4v) is 2.78. The number of hydrogen-bond donors (Lipinski definition) is 1. The minimum Gasteiger partial charge on any atom is -0.337 e. The van der Waals surface area contributed by atoms with Crippen LogP contribution in [-0.4, -0.2) is 31.5 Å². The molecule has 1 heterocycles. The van der Waals surface area contributed by atoms with Crippen molar-refractivity contribution in [3.63, 3.8) is 0 Å². The van der Waals surface area contributed by atoms with Crippen molar-refractivity contribution in [2.75, 3.05) is 0 Å². The third-order valence-corrected chi connectivity index (χ3v) is 5.03. The molecule has 2 aromatic rings. The van der Waals surface area contributed by atoms with Crippen LogP contribution in [0, 0.1) is 17.2 Å². The second-order valence-corrected chi connectivity index (χ2v) is 7.35. The maximum absolute atomic E-state index is 12.5. The van der Waals surface area contributed by atoms with Crippen molar-refractivity contribution in [3.05, 3.63) is 36.7 Å². The molecule has 2 atom stereocenters. The van der Waals surface area contributed by atoms with Crippen LogP contribution in [0.2, 0.25) is 0 Å². The van der Waals surface area contributed by atoms with E-state index in [1.807, 2.05) is 48.7 Å². The van der Waals surface area contributed by atoms with Gasteiger partial charge in [-0.3, -0.25) is 9.36 Å². The first-order chi connectivity index (χ1) is 11.4. The maximum Gasteiger partial charge on any atom is 0.234 e. The molecule has 6 nitrogen and oxygen atoms in total. The van der Waals surface area contributed by atoms with Gasteiger partial charge in [-0.25, -0.2) is 0 Å². The van der Waals surface area contributed by atoms with E-state index in [1.165, 1.54) is 11.8 Å². The highest BCUT2D eigenvalue weighted by atomic mass is 32.2. The Hall–Kier alpha value is -2.33. The van der Waals surface area contributed by atoms with Crippen LogP contribution in [0.15, 0.2) is 41.8 Å². The lowest BCUT2D eigenvalue weighted by Gasteiger charge is -2.28. The molecule has 1 aromatic heterocycles. The van der Waals surface area contributed by atoms with E-state index in [0.717, 1.165) is 5.69 Å². The molecule has 0 radical (unpaired) electrons. The zero-order chi connectivity index (χ0) is 17.7. The van der Waals surface area contributed by atoms with Gasteiger partial charge in [-0.1, -0.05) is 43.8 Å². The van der Waals surface area contributed by atoms with Gasteiger partial charge in [-0.05, 0) is 31.9 Å². The van der Waals surface area contributed by atoms with E-state index in [-0.39, 0.29) is 11.8 Å². The summed E-state index contributed by atoms with van der Waals surface area (Å²) in [4.78, 5) is 12.5. The summed E-state index contributed by atoms with van der Waals surface area (Å²) < 4.78 is 1.83. The van der Waals surface area contributed by atoms with Crippen molar-refractivity contribution in [2.24, 2.45) is 5.92 Å². The lowest BCUT2D eigenvalue weighted by molar-refractivity contribution is -0.121. The summed E-state index contributed by atoms with van der Waals surface area (Å²) >= 11 is 1.31. The Labute approximate surface area is 146 Å². The minimum atomic E-state index is -0.890. The first-order valence-corrected chi connectivity index (χ1v) is 8.60. The van der Waals surface area contributed by atoms with Crippen LogP contribution in [0.4, 0.5) is 0 Å². The Morgan fingerprint density at radius 1 is 1.33 bits per heavy atom. The van der Waals surface area contributed by atoms with Gasteiger partial charge in [-0.15, -0.1) is 10.2 Å². The molecule has 0 aliphatic rings. The van der Waals surface area contributed by atoms with E-state index in [4.69, 9.17) is 0 Å². The van der Waals surface area contributed by atoms with E-state index in [1.54, 1.807) is 20.2 Å². The third kappa shape index (κ3) is 3.95. The van der Waals surface area contributed by atoms with Gasteiger partial charge >= 0.3 is 0 Å². The number of carbonyl (C=O) groups is 1. The van der Waals surface area contributed by atoms with Crippen molar-refractivity contribution in [3.8, 4) is 11.8 Å². The highest BCUT2D eigenvalue weighted by molar-refractivity contribution is 8.00. The average Bonchev–Trinajstić information content (AvgIpc) is 3.03. The molecule has 126 valence electrons. The van der Waals surface area contributed by atoms with Crippen LogP contribution in [0.1, 0.15) is 27.7 Å². The fraction of sp³-hybridized carbons (Fsp3) is 0.412. The zero-order valence-electron chi connectivity index (χ0n) is 14.2. The summed E-state index contributed by atoms with van der Waals surface area (Å²) in [6.07, 6.45) is 1.62. The summed E-state index contributed by atoms with van der Waals surface area (Å²) in [6, 6.07) is 11.9. The molecular formula is C17H21N5OS. The van der Waals surface area contributed by atoms with Crippen molar-refractivity contribution in [1.82, 2.24) is 20.1 Å². The van der Waals surface area contributed by atoms with Gasteiger partial charge in [0.2, 0.25) is 5.91 Å². The SMILES string of the molecule is CC(C)[C@](C)(C#N)NC(=O)[C@H](C)Sc1nncn1-c1ccccc1. The van der Waals surface area contributed by atoms with E-state index < -0.39 is 10.8 Å². The Balaban J connectivity index is 2.11. The second-order valence-electron chi connectivity index (χ2n) is 6.04. The first kappa shape index (κ1) is 18.0. The van der Waals surface area contributed by atoms with Crippen LogP contribution in [0.5, 0.6) is 0 Å². The molecule has 0 bridgehead atoms. The number of aromatic nitrogens is 3. The van der Waals surface area contributed by atoms with Crippen LogP contribution >= 0.6 is 11.8 Å². The molecule has 2 rings (SSSR count). The third-order valence-electron chi connectivity index (χ3n) is 3.97. The Morgan fingerprint density at radius 2 is 2.00 bits per heavy atom. The van der Waals surface area contributed by atoms with E-state index in [2.05, 4.69) is 21.6 Å². The maximum atomic E-state index is 12.5. The topological polar surface area (TPSA) is 83.6 Å². The van der Waals surface area contributed by atoms with Crippen LogP contribution in [-0.2, 0) is 4.79 Å². The normalized spacial score (nSPS) is 14.7. The highest BCUT2D eigenvalue weighted by Gasteiger charge is 2.32. The fourth-order valence-electron chi connectivity index (χ4n) is 1.94. The van der Waals surface area contributed by atoms with E-state index >= 15 is 0 Å². The van der Waals surface area contributed by atoms with Gasteiger partial charge in [0.15, 0.2) is 5.16 Å². The van der Waals surface area contributed by atoms with Gasteiger partial charge in [0.1, 0.15) is 11.9 Å². The van der Waals surface area contributed by atoms with Crippen molar-refractivity contribution < 1.29 is 4.79 Å². The standard InChI is InChI=1S/C17H21N5OS/c1-12(2)17(4,10-18)20-15(23)13(3)24-16-21-19-11-22(16)14-8-6-5-7-9-14/h5-9,11-13H,1-4H3,(H,20,23)/t13-,17-/m0/s1. The Bertz CT molecular complexity index is 737.